The van der Waals surface area contributed by atoms with Crippen LogP contribution < -0.4 is 0 Å². The summed E-state index contributed by atoms with van der Waals surface area (Å²) in [5.74, 6) is 0. The lowest BCUT2D eigenvalue weighted by Crippen LogP contribution is -2.11. The third-order valence-electron chi connectivity index (χ3n) is 2.63. The van der Waals surface area contributed by atoms with E-state index in [1.165, 1.54) is 0 Å². The van der Waals surface area contributed by atoms with Crippen LogP contribution in [0.2, 0.25) is 0 Å². The molecule has 0 N–H and O–H groups in total. The highest BCUT2D eigenvalue weighted by Gasteiger charge is 2.16. The van der Waals surface area contributed by atoms with Crippen molar-refractivity contribution in [2.45, 2.75) is 12.7 Å². The summed E-state index contributed by atoms with van der Waals surface area (Å²) in [5.41, 5.74) is 1.48. The molecule has 4 heteroatoms. The monoisotopic (exact) mass is 267 g/mol. The van der Waals surface area contributed by atoms with Crippen LogP contribution in [0.25, 0.3) is 0 Å². The van der Waals surface area contributed by atoms with E-state index in [-0.39, 0.29) is 6.61 Å². The highest BCUT2D eigenvalue weighted by atomic mass is 16.7. The molecule has 0 saturated carbocycles. The summed E-state index contributed by atoms with van der Waals surface area (Å²) in [6.45, 7) is 0.118. The van der Waals surface area contributed by atoms with Crippen molar-refractivity contribution >= 4 is 6.16 Å². The Kier molecular flexibility index (Phi) is 4.74. The van der Waals surface area contributed by atoms with Crippen LogP contribution in [0.5, 0.6) is 0 Å². The first-order chi connectivity index (χ1) is 9.79. The maximum atomic E-state index is 11.6. The van der Waals surface area contributed by atoms with Crippen LogP contribution in [0, 0.1) is 11.3 Å². The molecule has 0 radical (unpaired) electrons. The maximum absolute atomic E-state index is 11.6. The second kappa shape index (κ2) is 6.95. The van der Waals surface area contributed by atoms with Gasteiger partial charge in [0.05, 0.1) is 0 Å². The molecule has 2 aromatic carbocycles. The molecule has 0 bridgehead atoms. The first-order valence-corrected chi connectivity index (χ1v) is 6.11. The molecule has 4 nitrogen and oxygen atoms in total. The van der Waals surface area contributed by atoms with Crippen molar-refractivity contribution in [1.82, 2.24) is 0 Å². The smallest absolute Gasteiger partial charge is 0.429 e. The number of benzene rings is 2. The third kappa shape index (κ3) is 3.85. The summed E-state index contributed by atoms with van der Waals surface area (Å²) in [5, 5.41) is 9.03. The van der Waals surface area contributed by atoms with Crippen LogP contribution in [0.15, 0.2) is 60.7 Å². The number of rotatable bonds is 4. The Hall–Kier alpha value is -2.80. The van der Waals surface area contributed by atoms with Gasteiger partial charge in [0.25, 0.3) is 0 Å². The normalized spacial score (nSPS) is 11.2. The van der Waals surface area contributed by atoms with Crippen LogP contribution in [0.4, 0.5) is 4.79 Å². The number of hydrogen-bond donors (Lipinski definition) is 0. The summed E-state index contributed by atoms with van der Waals surface area (Å²) in [7, 11) is 0. The van der Waals surface area contributed by atoms with Crippen LogP contribution in [-0.4, -0.2) is 6.16 Å². The zero-order chi connectivity index (χ0) is 14.2. The van der Waals surface area contributed by atoms with Gasteiger partial charge in [-0.25, -0.2) is 4.79 Å². The number of nitriles is 1. The van der Waals surface area contributed by atoms with Crippen LogP contribution in [0.1, 0.15) is 17.2 Å². The van der Waals surface area contributed by atoms with E-state index >= 15 is 0 Å². The first-order valence-electron chi connectivity index (χ1n) is 6.11. The van der Waals surface area contributed by atoms with Crippen molar-refractivity contribution in [2.75, 3.05) is 0 Å². The van der Waals surface area contributed by atoms with Gasteiger partial charge in [0.1, 0.15) is 12.7 Å². The van der Waals surface area contributed by atoms with Gasteiger partial charge in [-0.2, -0.15) is 5.26 Å². The molecule has 0 spiro atoms. The summed E-state index contributed by atoms with van der Waals surface area (Å²) in [4.78, 5) is 11.6. The van der Waals surface area contributed by atoms with Crippen molar-refractivity contribution in [1.29, 1.82) is 5.26 Å². The molecule has 0 heterocycles. The maximum Gasteiger partial charge on any atom is 0.510 e. The van der Waals surface area contributed by atoms with Crippen molar-refractivity contribution in [3.63, 3.8) is 0 Å². The Morgan fingerprint density at radius 1 is 1.05 bits per heavy atom. The fourth-order valence-corrected chi connectivity index (χ4v) is 1.64. The van der Waals surface area contributed by atoms with Gasteiger partial charge in [0.2, 0.25) is 6.10 Å². The zero-order valence-corrected chi connectivity index (χ0v) is 10.7. The van der Waals surface area contributed by atoms with Crippen LogP contribution in [0.3, 0.4) is 0 Å². The highest BCUT2D eigenvalue weighted by Crippen LogP contribution is 2.17. The fraction of sp³-hybridized carbons (Fsp3) is 0.125. The lowest BCUT2D eigenvalue weighted by atomic mass is 10.1. The predicted octanol–water partition coefficient (Wildman–Crippen LogP) is 3.60. The van der Waals surface area contributed by atoms with Crippen molar-refractivity contribution in [3.05, 3.63) is 71.8 Å². The molecule has 20 heavy (non-hydrogen) atoms. The van der Waals surface area contributed by atoms with Gasteiger partial charge in [-0.1, -0.05) is 60.7 Å². The average molecular weight is 267 g/mol. The van der Waals surface area contributed by atoms with E-state index in [1.54, 1.807) is 24.3 Å². The molecule has 0 aliphatic rings. The van der Waals surface area contributed by atoms with E-state index < -0.39 is 12.3 Å². The molecule has 1 unspecified atom stereocenters. The predicted molar refractivity (Wildman–Crippen MR) is 72.5 cm³/mol. The summed E-state index contributed by atoms with van der Waals surface area (Å²) >= 11 is 0. The lowest BCUT2D eigenvalue weighted by Gasteiger charge is -2.11. The molecule has 0 amide bonds. The van der Waals surface area contributed by atoms with Gasteiger partial charge < -0.3 is 9.47 Å². The number of nitrogens with zero attached hydrogens (tertiary/aromatic N) is 1. The topological polar surface area (TPSA) is 59.3 Å². The van der Waals surface area contributed by atoms with Gasteiger partial charge in [-0.05, 0) is 5.56 Å². The van der Waals surface area contributed by atoms with Gasteiger partial charge in [-0.3, -0.25) is 0 Å². The Labute approximate surface area is 117 Å². The standard InChI is InChI=1S/C16H13NO3/c17-11-15(14-9-5-2-6-10-14)20-16(18)19-12-13-7-3-1-4-8-13/h1-10,15H,12H2. The minimum atomic E-state index is -0.959. The quantitative estimate of drug-likeness (QED) is 0.794. The summed E-state index contributed by atoms with van der Waals surface area (Å²) < 4.78 is 9.95. The van der Waals surface area contributed by atoms with Gasteiger partial charge in [0, 0.05) is 5.56 Å². The molecule has 1 atom stereocenters. The van der Waals surface area contributed by atoms with E-state index in [4.69, 9.17) is 14.7 Å². The fourth-order valence-electron chi connectivity index (χ4n) is 1.64. The second-order valence-corrected chi connectivity index (χ2v) is 4.06. The molecule has 0 fully saturated rings. The summed E-state index contributed by atoms with van der Waals surface area (Å²) in [6, 6.07) is 20.0. The number of ether oxygens (including phenoxy) is 2. The molecule has 0 aliphatic carbocycles. The molecular formula is C16H13NO3. The van der Waals surface area contributed by atoms with E-state index in [2.05, 4.69) is 0 Å². The van der Waals surface area contributed by atoms with Gasteiger partial charge in [0.15, 0.2) is 0 Å². The average Bonchev–Trinajstić information content (AvgIpc) is 2.52. The Balaban J connectivity index is 1.89. The number of carbonyl (C=O) groups is 1. The molecule has 2 rings (SSSR count). The summed E-state index contributed by atoms with van der Waals surface area (Å²) in [6.07, 6.45) is -1.82. The minimum Gasteiger partial charge on any atom is -0.429 e. The molecule has 2 aromatic rings. The Morgan fingerprint density at radius 3 is 2.25 bits per heavy atom. The number of carbonyl (C=O) groups excluding carboxylic acids is 1. The third-order valence-corrected chi connectivity index (χ3v) is 2.63. The SMILES string of the molecule is N#CC(OC(=O)OCc1ccccc1)c1ccccc1. The van der Waals surface area contributed by atoms with E-state index in [0.29, 0.717) is 5.56 Å². The van der Waals surface area contributed by atoms with Crippen LogP contribution in [-0.2, 0) is 16.1 Å². The molecule has 100 valence electrons. The largest absolute Gasteiger partial charge is 0.510 e. The van der Waals surface area contributed by atoms with E-state index in [1.807, 2.05) is 42.5 Å². The highest BCUT2D eigenvalue weighted by molar-refractivity contribution is 5.60. The second-order valence-electron chi connectivity index (χ2n) is 4.06. The molecule has 0 aliphatic heterocycles. The van der Waals surface area contributed by atoms with Crippen molar-refractivity contribution in [2.24, 2.45) is 0 Å². The van der Waals surface area contributed by atoms with E-state index in [0.717, 1.165) is 5.56 Å². The zero-order valence-electron chi connectivity index (χ0n) is 10.7. The van der Waals surface area contributed by atoms with Crippen molar-refractivity contribution < 1.29 is 14.3 Å². The van der Waals surface area contributed by atoms with E-state index in [9.17, 15) is 4.79 Å². The molecular weight excluding hydrogens is 254 g/mol. The van der Waals surface area contributed by atoms with Gasteiger partial charge >= 0.3 is 6.16 Å². The van der Waals surface area contributed by atoms with Crippen molar-refractivity contribution in [3.8, 4) is 6.07 Å². The Morgan fingerprint density at radius 2 is 1.65 bits per heavy atom. The molecule has 0 saturated heterocycles. The lowest BCUT2D eigenvalue weighted by molar-refractivity contribution is 0.0338. The van der Waals surface area contributed by atoms with Crippen LogP contribution >= 0.6 is 0 Å². The van der Waals surface area contributed by atoms with Gasteiger partial charge in [-0.15, -0.1) is 0 Å². The first kappa shape index (κ1) is 13.6. The minimum absolute atomic E-state index is 0.118. The Bertz CT molecular complexity index is 590. The molecule has 0 aromatic heterocycles. The number of hydrogen-bond acceptors (Lipinski definition) is 4.